The lowest BCUT2D eigenvalue weighted by atomic mass is 9.89. The van der Waals surface area contributed by atoms with Gasteiger partial charge in [0.05, 0.1) is 42.7 Å². The summed E-state index contributed by atoms with van der Waals surface area (Å²) >= 11 is 1.50. The van der Waals surface area contributed by atoms with E-state index in [1.807, 2.05) is 96.0 Å². The largest absolute Gasteiger partial charge is 0.444 e. The molecule has 0 radical (unpaired) electrons. The van der Waals surface area contributed by atoms with Crippen molar-refractivity contribution >= 4 is 41.1 Å². The van der Waals surface area contributed by atoms with Gasteiger partial charge >= 0.3 is 6.09 Å². The molecule has 348 valence electrons. The van der Waals surface area contributed by atoms with Crippen LogP contribution in [0.2, 0.25) is 0 Å². The molecule has 1 aliphatic rings. The minimum absolute atomic E-state index is 0.0294. The van der Waals surface area contributed by atoms with E-state index in [9.17, 15) is 24.0 Å². The number of hydrogen-bond donors (Lipinski definition) is 2. The lowest BCUT2D eigenvalue weighted by molar-refractivity contribution is -0.147. The summed E-state index contributed by atoms with van der Waals surface area (Å²) in [5.41, 5.74) is 0.518. The van der Waals surface area contributed by atoms with Gasteiger partial charge in [-0.1, -0.05) is 77.8 Å². The molecule has 2 N–H and O–H groups in total. The molecule has 2 heterocycles. The average molecular weight is 885 g/mol. The number of carbonyl (C=O) groups excluding carboxylic acids is 5. The molecule has 1 aliphatic heterocycles. The first-order chi connectivity index (χ1) is 29.3. The van der Waals surface area contributed by atoms with Crippen molar-refractivity contribution in [2.45, 2.75) is 155 Å². The maximum atomic E-state index is 14.3. The molecule has 0 aliphatic carbocycles. The number of hydrogen-bond acceptors (Lipinski definition) is 10. The number of carbonyl (C=O) groups is 5. The van der Waals surface area contributed by atoms with Crippen LogP contribution in [0.1, 0.15) is 123 Å². The molecule has 5 amide bonds. The minimum Gasteiger partial charge on any atom is -0.444 e. The van der Waals surface area contributed by atoms with Crippen molar-refractivity contribution in [3.8, 4) is 0 Å². The first-order valence-electron chi connectivity index (χ1n) is 22.4. The second-order valence-electron chi connectivity index (χ2n) is 18.2. The van der Waals surface area contributed by atoms with Gasteiger partial charge in [0.25, 0.3) is 0 Å². The molecule has 1 aromatic carbocycles. The number of ether oxygens (including phenoxy) is 3. The summed E-state index contributed by atoms with van der Waals surface area (Å²) in [5, 5.41) is 8.94. The Bertz CT molecular complexity index is 1690. The maximum absolute atomic E-state index is 14.3. The van der Waals surface area contributed by atoms with Crippen molar-refractivity contribution in [1.82, 2.24) is 30.3 Å². The number of likely N-dealkylation sites (tertiary alicyclic amines) is 1. The number of nitrogens with zero attached hydrogens (tertiary/aromatic N) is 4. The van der Waals surface area contributed by atoms with E-state index in [-0.39, 0.29) is 66.5 Å². The van der Waals surface area contributed by atoms with E-state index in [1.165, 1.54) is 11.3 Å². The van der Waals surface area contributed by atoms with E-state index in [4.69, 9.17) is 14.2 Å². The Morgan fingerprint density at radius 3 is 2.24 bits per heavy atom. The minimum atomic E-state index is -0.772. The van der Waals surface area contributed by atoms with E-state index in [2.05, 4.69) is 15.6 Å². The lowest BCUT2D eigenvalue weighted by Crippen LogP contribution is -2.57. The second kappa shape index (κ2) is 25.3. The van der Waals surface area contributed by atoms with E-state index < -0.39 is 35.8 Å². The van der Waals surface area contributed by atoms with Crippen molar-refractivity contribution in [2.75, 3.05) is 41.4 Å². The topological polar surface area (TPSA) is 160 Å². The molecule has 1 aromatic heterocycles. The molecule has 0 spiro atoms. The third-order valence-corrected chi connectivity index (χ3v) is 12.8. The molecule has 8 atom stereocenters. The highest BCUT2D eigenvalue weighted by Crippen LogP contribution is 2.30. The zero-order valence-electron chi connectivity index (χ0n) is 39.5. The monoisotopic (exact) mass is 885 g/mol. The van der Waals surface area contributed by atoms with Crippen LogP contribution >= 0.6 is 11.3 Å². The lowest BCUT2D eigenvalue weighted by Gasteiger charge is -2.40. The standard InChI is InChI=1S/C47H76N6O8S/c1-13-32(4)41(52(10)45(57)40(31(2)3)50-38(54)24-18-15-19-26-51(9)46(58)61-47(6,7)8)37(59-11)30-39(55)53-27-20-23-36(53)42(60-12)33(5)43(56)49-35(44-48-25-28-62-44)29-34-21-16-14-17-22-34/h14,16-17,21-22,25,28,31-33,35-37,40-42H,13,15,18-20,23-24,26-27,29-30H2,1-12H3,(H,49,56)(H,50,54)/t32-,33+,35-,36-,37+,40-,41-,42+/m0/s1. The van der Waals surface area contributed by atoms with Gasteiger partial charge < -0.3 is 39.5 Å². The van der Waals surface area contributed by atoms with E-state index in [1.54, 1.807) is 44.3 Å². The molecule has 1 saturated heterocycles. The summed E-state index contributed by atoms with van der Waals surface area (Å²) in [7, 11) is 6.59. The molecular formula is C47H76N6O8S. The Labute approximate surface area is 375 Å². The number of likely N-dealkylation sites (N-methyl/N-ethyl adjacent to an activating group) is 1. The first kappa shape index (κ1) is 52.3. The molecule has 62 heavy (non-hydrogen) atoms. The van der Waals surface area contributed by atoms with E-state index in [0.29, 0.717) is 38.8 Å². The SMILES string of the molecule is CC[C@H](C)[C@@H]([C@@H](CC(=O)N1CCC[C@H]1[C@H](OC)[C@@H](C)C(=O)N[C@@H](Cc1ccccc1)c1nccs1)OC)N(C)C(=O)[C@@H](NC(=O)CCCCCN(C)C(=O)OC(C)(C)C)C(C)C. The van der Waals surface area contributed by atoms with Crippen LogP contribution in [0.15, 0.2) is 41.9 Å². The Morgan fingerprint density at radius 2 is 1.66 bits per heavy atom. The summed E-state index contributed by atoms with van der Waals surface area (Å²) in [4.78, 5) is 77.6. The van der Waals surface area contributed by atoms with E-state index in [0.717, 1.165) is 29.8 Å². The highest BCUT2D eigenvalue weighted by atomic mass is 32.1. The smallest absolute Gasteiger partial charge is 0.410 e. The van der Waals surface area contributed by atoms with Crippen LogP contribution in [0.4, 0.5) is 4.79 Å². The predicted molar refractivity (Wildman–Crippen MR) is 243 cm³/mol. The third kappa shape index (κ3) is 15.6. The molecular weight excluding hydrogens is 809 g/mol. The average Bonchev–Trinajstić information content (AvgIpc) is 3.95. The molecule has 0 unspecified atom stereocenters. The molecule has 14 nitrogen and oxygen atoms in total. The van der Waals surface area contributed by atoms with Gasteiger partial charge in [0.2, 0.25) is 23.6 Å². The van der Waals surface area contributed by atoms with Crippen LogP contribution in [-0.2, 0) is 39.8 Å². The highest BCUT2D eigenvalue weighted by molar-refractivity contribution is 7.09. The Morgan fingerprint density at radius 1 is 0.968 bits per heavy atom. The highest BCUT2D eigenvalue weighted by Gasteiger charge is 2.43. The van der Waals surface area contributed by atoms with Gasteiger partial charge in [0, 0.05) is 59.4 Å². The molecule has 0 bridgehead atoms. The Hall–Kier alpha value is -4.08. The first-order valence-corrected chi connectivity index (χ1v) is 23.3. The van der Waals surface area contributed by atoms with Crippen molar-refractivity contribution in [2.24, 2.45) is 17.8 Å². The summed E-state index contributed by atoms with van der Waals surface area (Å²) in [6.07, 6.45) is 5.29. The number of unbranched alkanes of at least 4 members (excludes halogenated alkanes) is 2. The van der Waals surface area contributed by atoms with Crippen LogP contribution in [0.3, 0.4) is 0 Å². The number of methoxy groups -OCH3 is 2. The fraction of sp³-hybridized carbons (Fsp3) is 0.702. The van der Waals surface area contributed by atoms with Gasteiger partial charge in [-0.25, -0.2) is 9.78 Å². The Kier molecular flexibility index (Phi) is 21.3. The number of amides is 5. The number of aromatic nitrogens is 1. The van der Waals surface area contributed by atoms with Crippen molar-refractivity contribution < 1.29 is 38.2 Å². The van der Waals surface area contributed by atoms with Crippen LogP contribution in [0.5, 0.6) is 0 Å². The van der Waals surface area contributed by atoms with E-state index >= 15 is 0 Å². The van der Waals surface area contributed by atoms with Gasteiger partial charge in [0.1, 0.15) is 16.7 Å². The fourth-order valence-electron chi connectivity index (χ4n) is 8.29. The molecule has 1 fully saturated rings. The zero-order chi connectivity index (χ0) is 46.1. The van der Waals surface area contributed by atoms with Gasteiger partial charge in [-0.05, 0) is 70.3 Å². The van der Waals surface area contributed by atoms with Crippen LogP contribution in [0.25, 0.3) is 0 Å². The van der Waals surface area contributed by atoms with Crippen molar-refractivity contribution in [3.05, 3.63) is 52.5 Å². The Balaban J connectivity index is 1.66. The zero-order valence-corrected chi connectivity index (χ0v) is 40.3. The number of rotatable bonds is 24. The maximum Gasteiger partial charge on any atom is 0.410 e. The summed E-state index contributed by atoms with van der Waals surface area (Å²) in [5.74, 6) is -1.55. The molecule has 15 heteroatoms. The van der Waals surface area contributed by atoms with Crippen LogP contribution < -0.4 is 10.6 Å². The quantitative estimate of drug-likeness (QED) is 0.106. The number of thiazole rings is 1. The van der Waals surface area contributed by atoms with Gasteiger partial charge in [-0.3, -0.25) is 19.2 Å². The summed E-state index contributed by atoms with van der Waals surface area (Å²) in [6.45, 7) is 16.3. The normalized spacial score (nSPS) is 17.6. The summed E-state index contributed by atoms with van der Waals surface area (Å²) in [6, 6.07) is 8.12. The van der Waals surface area contributed by atoms with Crippen LogP contribution in [-0.4, -0.2) is 127 Å². The van der Waals surface area contributed by atoms with Crippen molar-refractivity contribution in [3.63, 3.8) is 0 Å². The molecule has 0 saturated carbocycles. The third-order valence-electron chi connectivity index (χ3n) is 12.0. The van der Waals surface area contributed by atoms with Crippen LogP contribution in [0, 0.1) is 17.8 Å². The predicted octanol–water partition coefficient (Wildman–Crippen LogP) is 7.03. The second-order valence-corrected chi connectivity index (χ2v) is 19.1. The van der Waals surface area contributed by atoms with Gasteiger partial charge in [-0.15, -0.1) is 11.3 Å². The van der Waals surface area contributed by atoms with Crippen molar-refractivity contribution in [1.29, 1.82) is 0 Å². The molecule has 2 aromatic rings. The number of benzene rings is 1. The number of nitrogens with one attached hydrogen (secondary N) is 2. The van der Waals surface area contributed by atoms with Gasteiger partial charge in [-0.2, -0.15) is 0 Å². The summed E-state index contributed by atoms with van der Waals surface area (Å²) < 4.78 is 17.5. The van der Waals surface area contributed by atoms with Gasteiger partial charge in [0.15, 0.2) is 0 Å². The molecule has 3 rings (SSSR count). The fourth-order valence-corrected chi connectivity index (χ4v) is 8.98.